The summed E-state index contributed by atoms with van der Waals surface area (Å²) in [6.45, 7) is 3.80. The molecular weight excluding hydrogens is 609 g/mol. The maximum Gasteiger partial charge on any atom is 0.472 e. The molecule has 0 saturated heterocycles. The highest BCUT2D eigenvalue weighted by molar-refractivity contribution is 7.47. The van der Waals surface area contributed by atoms with E-state index in [1.165, 1.54) is 77.0 Å². The van der Waals surface area contributed by atoms with E-state index in [1.54, 1.807) is 0 Å². The fraction of sp³-hybridized carbons (Fsp3) is 0.886. The number of allylic oxidation sites excluding steroid dienone is 2. The molecule has 10 nitrogen and oxygen atoms in total. The van der Waals surface area contributed by atoms with E-state index >= 15 is 0 Å². The predicted octanol–water partition coefficient (Wildman–Crippen LogP) is 9.03. The Labute approximate surface area is 280 Å². The van der Waals surface area contributed by atoms with Gasteiger partial charge in [-0.3, -0.25) is 18.6 Å². The molecule has 3 unspecified atom stereocenters. The Kier molecular flexibility index (Phi) is 31.4. The van der Waals surface area contributed by atoms with Crippen molar-refractivity contribution in [1.29, 1.82) is 0 Å². The SMILES string of the molecule is CCC/C=C\CCCCCCCC(=O)OC(COCCCCCCCCCCCCCCCC)COP(=O)(O)OCC(N)C(=O)O. The summed E-state index contributed by atoms with van der Waals surface area (Å²) in [5.74, 6) is -1.79. The Morgan fingerprint density at radius 3 is 1.74 bits per heavy atom. The second-order valence-corrected chi connectivity index (χ2v) is 13.8. The number of carboxylic acid groups (broad SMARTS) is 1. The summed E-state index contributed by atoms with van der Waals surface area (Å²) in [6, 6.07) is -1.47. The van der Waals surface area contributed by atoms with Crippen LogP contribution in [0.5, 0.6) is 0 Å². The van der Waals surface area contributed by atoms with Gasteiger partial charge < -0.3 is 25.2 Å². The van der Waals surface area contributed by atoms with Crippen LogP contribution in [0.25, 0.3) is 0 Å². The quantitative estimate of drug-likeness (QED) is 0.0256. The van der Waals surface area contributed by atoms with E-state index in [4.69, 9.17) is 24.8 Å². The molecule has 3 atom stereocenters. The van der Waals surface area contributed by atoms with Crippen molar-refractivity contribution in [3.63, 3.8) is 0 Å². The zero-order valence-corrected chi connectivity index (χ0v) is 30.1. The summed E-state index contributed by atoms with van der Waals surface area (Å²) >= 11 is 0. The van der Waals surface area contributed by atoms with Gasteiger partial charge in [-0.25, -0.2) is 4.57 Å². The maximum absolute atomic E-state index is 12.5. The third kappa shape index (κ3) is 31.3. The maximum atomic E-state index is 12.5. The molecule has 0 rings (SSSR count). The van der Waals surface area contributed by atoms with Gasteiger partial charge >= 0.3 is 19.8 Å². The number of phosphoric ester groups is 1. The van der Waals surface area contributed by atoms with Gasteiger partial charge in [-0.2, -0.15) is 0 Å². The minimum absolute atomic E-state index is 0.0182. The minimum atomic E-state index is -4.60. The number of hydrogen-bond donors (Lipinski definition) is 3. The summed E-state index contributed by atoms with van der Waals surface area (Å²) in [6.07, 6.45) is 29.8. The Balaban J connectivity index is 4.29. The first-order chi connectivity index (χ1) is 22.2. The first-order valence-electron chi connectivity index (χ1n) is 18.2. The van der Waals surface area contributed by atoms with E-state index in [-0.39, 0.29) is 13.0 Å². The lowest BCUT2D eigenvalue weighted by atomic mass is 10.0. The number of carbonyl (C=O) groups is 2. The zero-order chi connectivity index (χ0) is 34.1. The number of carbonyl (C=O) groups excluding carboxylic acids is 1. The van der Waals surface area contributed by atoms with E-state index < -0.39 is 45.1 Å². The van der Waals surface area contributed by atoms with Crippen molar-refractivity contribution in [2.24, 2.45) is 5.73 Å². The van der Waals surface area contributed by atoms with Gasteiger partial charge in [-0.1, -0.05) is 135 Å². The van der Waals surface area contributed by atoms with Gasteiger partial charge in [0.25, 0.3) is 0 Å². The van der Waals surface area contributed by atoms with Crippen LogP contribution in [-0.4, -0.2) is 60.5 Å². The molecule has 46 heavy (non-hydrogen) atoms. The van der Waals surface area contributed by atoms with E-state index in [1.807, 2.05) is 0 Å². The highest BCUT2D eigenvalue weighted by Gasteiger charge is 2.27. The molecule has 0 amide bonds. The van der Waals surface area contributed by atoms with Gasteiger partial charge in [0.15, 0.2) is 0 Å². The van der Waals surface area contributed by atoms with Crippen LogP contribution in [0, 0.1) is 0 Å². The summed E-state index contributed by atoms with van der Waals surface area (Å²) in [5.41, 5.74) is 5.32. The van der Waals surface area contributed by atoms with Crippen LogP contribution in [-0.2, 0) is 32.7 Å². The Morgan fingerprint density at radius 2 is 1.17 bits per heavy atom. The van der Waals surface area contributed by atoms with E-state index in [9.17, 15) is 19.0 Å². The number of rotatable bonds is 35. The number of phosphoric acid groups is 1. The van der Waals surface area contributed by atoms with Gasteiger partial charge in [-0.05, 0) is 32.1 Å². The van der Waals surface area contributed by atoms with E-state index in [0.717, 1.165) is 57.8 Å². The Hall–Kier alpha value is -1.29. The van der Waals surface area contributed by atoms with Crippen molar-refractivity contribution in [1.82, 2.24) is 0 Å². The number of nitrogens with two attached hydrogens (primary N) is 1. The molecule has 0 aliphatic carbocycles. The Morgan fingerprint density at radius 1 is 0.674 bits per heavy atom. The van der Waals surface area contributed by atoms with Crippen LogP contribution in [0.15, 0.2) is 12.2 Å². The molecular formula is C35H68NO9P. The largest absolute Gasteiger partial charge is 0.480 e. The predicted molar refractivity (Wildman–Crippen MR) is 185 cm³/mol. The molecule has 4 N–H and O–H groups in total. The molecule has 0 aromatic heterocycles. The molecule has 0 saturated carbocycles. The molecule has 272 valence electrons. The van der Waals surface area contributed by atoms with Gasteiger partial charge in [0.1, 0.15) is 12.1 Å². The molecule has 0 radical (unpaired) electrons. The topological polar surface area (TPSA) is 155 Å². The van der Waals surface area contributed by atoms with Crippen molar-refractivity contribution in [3.05, 3.63) is 12.2 Å². The number of aliphatic carboxylic acids is 1. The summed E-state index contributed by atoms with van der Waals surface area (Å²) in [4.78, 5) is 33.3. The lowest BCUT2D eigenvalue weighted by molar-refractivity contribution is -0.154. The van der Waals surface area contributed by atoms with Crippen molar-refractivity contribution < 1.29 is 42.7 Å². The first kappa shape index (κ1) is 44.7. The van der Waals surface area contributed by atoms with Crippen molar-refractivity contribution >= 4 is 19.8 Å². The molecule has 0 aromatic rings. The molecule has 0 heterocycles. The molecule has 11 heteroatoms. The van der Waals surface area contributed by atoms with Crippen LogP contribution >= 0.6 is 7.82 Å². The number of carboxylic acids is 1. The highest BCUT2D eigenvalue weighted by Crippen LogP contribution is 2.43. The summed E-state index contributed by atoms with van der Waals surface area (Å²) in [5, 5.41) is 8.84. The standard InChI is InChI=1S/C35H68NO9P/c1-3-5-7-9-11-13-15-16-17-18-20-22-24-26-28-42-29-32(30-43-46(40,41)44-31-33(36)35(38)39)45-34(37)27-25-23-21-19-14-12-10-8-6-4-2/h8,10,32-33H,3-7,9,11-31,36H2,1-2H3,(H,38,39)(H,40,41)/b10-8-. The third-order valence-electron chi connectivity index (χ3n) is 7.78. The van der Waals surface area contributed by atoms with Gasteiger partial charge in [0, 0.05) is 13.0 Å². The van der Waals surface area contributed by atoms with Crippen LogP contribution in [0.1, 0.15) is 162 Å². The highest BCUT2D eigenvalue weighted by atomic mass is 31.2. The molecule has 0 aliphatic rings. The molecule has 0 aliphatic heterocycles. The lowest BCUT2D eigenvalue weighted by Gasteiger charge is -2.20. The summed E-state index contributed by atoms with van der Waals surface area (Å²) < 4.78 is 33.1. The number of esters is 1. The fourth-order valence-electron chi connectivity index (χ4n) is 4.90. The molecule has 0 fully saturated rings. The monoisotopic (exact) mass is 677 g/mol. The third-order valence-corrected chi connectivity index (χ3v) is 8.73. The number of hydrogen-bond acceptors (Lipinski definition) is 8. The first-order valence-corrected chi connectivity index (χ1v) is 19.7. The smallest absolute Gasteiger partial charge is 0.472 e. The lowest BCUT2D eigenvalue weighted by Crippen LogP contribution is -2.34. The van der Waals surface area contributed by atoms with Gasteiger partial charge in [0.05, 0.1) is 19.8 Å². The van der Waals surface area contributed by atoms with Crippen LogP contribution in [0.4, 0.5) is 0 Å². The number of ether oxygens (including phenoxy) is 2. The van der Waals surface area contributed by atoms with E-state index in [2.05, 4.69) is 30.5 Å². The van der Waals surface area contributed by atoms with Crippen molar-refractivity contribution in [2.45, 2.75) is 174 Å². The van der Waals surface area contributed by atoms with Crippen molar-refractivity contribution in [3.8, 4) is 0 Å². The molecule has 0 aromatic carbocycles. The normalized spacial score (nSPS) is 14.3. The second-order valence-electron chi connectivity index (χ2n) is 12.4. The van der Waals surface area contributed by atoms with Crippen LogP contribution in [0.3, 0.4) is 0 Å². The van der Waals surface area contributed by atoms with Crippen LogP contribution in [0.2, 0.25) is 0 Å². The average Bonchev–Trinajstić information content (AvgIpc) is 3.03. The second kappa shape index (κ2) is 32.3. The van der Waals surface area contributed by atoms with Crippen LogP contribution < -0.4 is 5.73 Å². The zero-order valence-electron chi connectivity index (χ0n) is 29.2. The average molecular weight is 678 g/mol. The molecule has 0 spiro atoms. The van der Waals surface area contributed by atoms with Gasteiger partial charge in [-0.15, -0.1) is 0 Å². The van der Waals surface area contributed by atoms with Crippen molar-refractivity contribution in [2.75, 3.05) is 26.4 Å². The number of unbranched alkanes of at least 4 members (excludes halogenated alkanes) is 19. The minimum Gasteiger partial charge on any atom is -0.480 e. The Bertz CT molecular complexity index is 796. The van der Waals surface area contributed by atoms with Gasteiger partial charge in [0.2, 0.25) is 0 Å². The molecule has 0 bridgehead atoms. The van der Waals surface area contributed by atoms with E-state index in [0.29, 0.717) is 13.0 Å². The fourth-order valence-corrected chi connectivity index (χ4v) is 5.68. The summed E-state index contributed by atoms with van der Waals surface area (Å²) in [7, 11) is -4.60.